The second kappa shape index (κ2) is 7.56. The fourth-order valence-corrected chi connectivity index (χ4v) is 3.82. The van der Waals surface area contributed by atoms with Gasteiger partial charge in [-0.05, 0) is 42.2 Å². The van der Waals surface area contributed by atoms with E-state index in [0.29, 0.717) is 28.5 Å². The molecule has 26 heavy (non-hydrogen) atoms. The second-order valence-corrected chi connectivity index (χ2v) is 6.77. The smallest absolute Gasteiger partial charge is 0.254 e. The lowest BCUT2D eigenvalue weighted by Crippen LogP contribution is -2.32. The Labute approximate surface area is 157 Å². The highest BCUT2D eigenvalue weighted by atomic mass is 35.5. The van der Waals surface area contributed by atoms with E-state index in [1.165, 1.54) is 24.3 Å². The minimum atomic E-state index is -0.391. The van der Waals surface area contributed by atoms with Crippen molar-refractivity contribution in [2.45, 2.75) is 0 Å². The predicted molar refractivity (Wildman–Crippen MR) is 99.3 cm³/mol. The molecule has 4 nitrogen and oxygen atoms in total. The molecule has 0 unspecified atom stereocenters. The molecular weight excluding hydrogens is 355 g/mol. The standard InChI is InChI=1S/C20H19FN2O2.ClH/c21-16-7-5-13(6-8-16)19(24)17-3-1-2-4-18(17)20(25)23-11-14-9-22-10-15(14)12-23;/h1-8,14-15,22H,9-12H2;1H/t14-,15+;. The van der Waals surface area contributed by atoms with Crippen LogP contribution in [0.5, 0.6) is 0 Å². The zero-order chi connectivity index (χ0) is 17.4. The molecule has 2 atom stereocenters. The maximum absolute atomic E-state index is 13.1. The summed E-state index contributed by atoms with van der Waals surface area (Å²) in [4.78, 5) is 27.6. The van der Waals surface area contributed by atoms with E-state index in [1.54, 1.807) is 24.3 Å². The van der Waals surface area contributed by atoms with Crippen molar-refractivity contribution in [2.24, 2.45) is 11.8 Å². The summed E-state index contributed by atoms with van der Waals surface area (Å²) >= 11 is 0. The number of ketones is 1. The number of carbonyl (C=O) groups excluding carboxylic acids is 2. The number of likely N-dealkylation sites (tertiary alicyclic amines) is 1. The lowest BCUT2D eigenvalue weighted by molar-refractivity contribution is 0.0777. The zero-order valence-corrected chi connectivity index (χ0v) is 15.0. The molecule has 0 saturated carbocycles. The first-order valence-corrected chi connectivity index (χ1v) is 8.53. The van der Waals surface area contributed by atoms with Crippen LogP contribution in [-0.2, 0) is 0 Å². The van der Waals surface area contributed by atoms with E-state index in [-0.39, 0.29) is 24.1 Å². The molecule has 2 fully saturated rings. The van der Waals surface area contributed by atoms with E-state index in [1.807, 2.05) is 4.90 Å². The Bertz CT molecular complexity index is 813. The van der Waals surface area contributed by atoms with Crippen LogP contribution in [0.15, 0.2) is 48.5 Å². The maximum Gasteiger partial charge on any atom is 0.254 e. The second-order valence-electron chi connectivity index (χ2n) is 6.77. The summed E-state index contributed by atoms with van der Waals surface area (Å²) in [7, 11) is 0. The highest BCUT2D eigenvalue weighted by Crippen LogP contribution is 2.28. The lowest BCUT2D eigenvalue weighted by atomic mass is 9.97. The number of fused-ring (bicyclic) bond motifs is 1. The van der Waals surface area contributed by atoms with Crippen molar-refractivity contribution in [3.05, 3.63) is 71.0 Å². The quantitative estimate of drug-likeness (QED) is 0.840. The first kappa shape index (κ1) is 18.5. The van der Waals surface area contributed by atoms with Crippen molar-refractivity contribution < 1.29 is 14.0 Å². The number of carbonyl (C=O) groups is 2. The van der Waals surface area contributed by atoms with Gasteiger partial charge in [0.15, 0.2) is 5.78 Å². The topological polar surface area (TPSA) is 49.4 Å². The van der Waals surface area contributed by atoms with E-state index in [0.717, 1.165) is 26.2 Å². The number of halogens is 2. The summed E-state index contributed by atoms with van der Waals surface area (Å²) in [6.07, 6.45) is 0. The monoisotopic (exact) mass is 374 g/mol. The molecule has 2 aromatic carbocycles. The number of hydrogen-bond donors (Lipinski definition) is 1. The Hall–Kier alpha value is -2.24. The van der Waals surface area contributed by atoms with Crippen LogP contribution in [0.1, 0.15) is 26.3 Å². The van der Waals surface area contributed by atoms with Gasteiger partial charge in [-0.3, -0.25) is 9.59 Å². The number of nitrogens with one attached hydrogen (secondary N) is 1. The van der Waals surface area contributed by atoms with Gasteiger partial charge in [0.2, 0.25) is 0 Å². The molecule has 4 rings (SSSR count). The predicted octanol–water partition coefficient (Wildman–Crippen LogP) is 2.77. The molecule has 1 N–H and O–H groups in total. The van der Waals surface area contributed by atoms with Crippen molar-refractivity contribution >= 4 is 24.1 Å². The molecule has 0 aromatic heterocycles. The third-order valence-electron chi connectivity index (χ3n) is 5.19. The van der Waals surface area contributed by atoms with Crippen LogP contribution in [0, 0.1) is 17.7 Å². The molecule has 0 aliphatic carbocycles. The summed E-state index contributed by atoms with van der Waals surface area (Å²) in [6.45, 7) is 3.36. The Kier molecular flexibility index (Phi) is 5.39. The van der Waals surface area contributed by atoms with Gasteiger partial charge in [0.1, 0.15) is 5.82 Å². The molecule has 0 spiro atoms. The van der Waals surface area contributed by atoms with Gasteiger partial charge >= 0.3 is 0 Å². The molecule has 0 bridgehead atoms. The van der Waals surface area contributed by atoms with Crippen molar-refractivity contribution in [2.75, 3.05) is 26.2 Å². The Balaban J connectivity index is 0.00000196. The summed E-state index contributed by atoms with van der Waals surface area (Å²) in [5, 5.41) is 3.36. The molecule has 0 radical (unpaired) electrons. The van der Waals surface area contributed by atoms with Gasteiger partial charge in [-0.25, -0.2) is 4.39 Å². The van der Waals surface area contributed by atoms with Crippen molar-refractivity contribution in [1.29, 1.82) is 0 Å². The summed E-state index contributed by atoms with van der Waals surface area (Å²) in [5.41, 5.74) is 1.17. The van der Waals surface area contributed by atoms with Crippen LogP contribution in [-0.4, -0.2) is 42.8 Å². The molecule has 2 aliphatic rings. The van der Waals surface area contributed by atoms with Gasteiger partial charge in [-0.2, -0.15) is 0 Å². The summed E-state index contributed by atoms with van der Waals surface area (Å²) < 4.78 is 13.1. The van der Waals surface area contributed by atoms with Crippen LogP contribution in [0.3, 0.4) is 0 Å². The van der Waals surface area contributed by atoms with Gasteiger partial charge in [0, 0.05) is 37.3 Å². The van der Waals surface area contributed by atoms with E-state index < -0.39 is 5.82 Å². The minimum Gasteiger partial charge on any atom is -0.338 e. The fourth-order valence-electron chi connectivity index (χ4n) is 3.82. The van der Waals surface area contributed by atoms with E-state index in [4.69, 9.17) is 0 Å². The van der Waals surface area contributed by atoms with Crippen LogP contribution in [0.4, 0.5) is 4.39 Å². The molecule has 2 saturated heterocycles. The first-order chi connectivity index (χ1) is 12.1. The molecule has 136 valence electrons. The number of rotatable bonds is 3. The Morgan fingerprint density at radius 2 is 1.50 bits per heavy atom. The highest BCUT2D eigenvalue weighted by molar-refractivity contribution is 6.15. The van der Waals surface area contributed by atoms with Crippen molar-refractivity contribution in [3.8, 4) is 0 Å². The Morgan fingerprint density at radius 1 is 0.923 bits per heavy atom. The Morgan fingerprint density at radius 3 is 2.12 bits per heavy atom. The zero-order valence-electron chi connectivity index (χ0n) is 14.2. The number of hydrogen-bond acceptors (Lipinski definition) is 3. The van der Waals surface area contributed by atoms with Gasteiger partial charge in [-0.1, -0.05) is 18.2 Å². The third kappa shape index (κ3) is 3.37. The number of amides is 1. The van der Waals surface area contributed by atoms with E-state index in [2.05, 4.69) is 5.32 Å². The van der Waals surface area contributed by atoms with Gasteiger partial charge < -0.3 is 10.2 Å². The molecule has 2 aliphatic heterocycles. The van der Waals surface area contributed by atoms with E-state index >= 15 is 0 Å². The van der Waals surface area contributed by atoms with Gasteiger partial charge in [0.25, 0.3) is 5.91 Å². The number of benzene rings is 2. The largest absolute Gasteiger partial charge is 0.338 e. The third-order valence-corrected chi connectivity index (χ3v) is 5.19. The van der Waals surface area contributed by atoms with Crippen LogP contribution >= 0.6 is 12.4 Å². The van der Waals surface area contributed by atoms with Crippen LogP contribution in [0.2, 0.25) is 0 Å². The minimum absolute atomic E-state index is 0. The van der Waals surface area contributed by atoms with Crippen molar-refractivity contribution in [1.82, 2.24) is 10.2 Å². The molecule has 6 heteroatoms. The van der Waals surface area contributed by atoms with Crippen LogP contribution in [0.25, 0.3) is 0 Å². The number of nitrogens with zero attached hydrogens (tertiary/aromatic N) is 1. The average molecular weight is 375 g/mol. The van der Waals surface area contributed by atoms with Crippen molar-refractivity contribution in [3.63, 3.8) is 0 Å². The maximum atomic E-state index is 13.1. The highest BCUT2D eigenvalue weighted by Gasteiger charge is 2.38. The summed E-state index contributed by atoms with van der Waals surface area (Å²) in [5.74, 6) is 0.261. The SMILES string of the molecule is Cl.O=C(c1ccc(F)cc1)c1ccccc1C(=O)N1C[C@H]2CNC[C@H]2C1. The van der Waals surface area contributed by atoms with E-state index in [9.17, 15) is 14.0 Å². The first-order valence-electron chi connectivity index (χ1n) is 8.53. The molecule has 2 heterocycles. The molecule has 2 aromatic rings. The average Bonchev–Trinajstić information content (AvgIpc) is 3.23. The normalized spacial score (nSPS) is 21.2. The van der Waals surface area contributed by atoms with Gasteiger partial charge in [-0.15, -0.1) is 12.4 Å². The molecule has 1 amide bonds. The fraction of sp³-hybridized carbons (Fsp3) is 0.300. The summed E-state index contributed by atoms with van der Waals surface area (Å²) in [6, 6.07) is 12.3. The lowest BCUT2D eigenvalue weighted by Gasteiger charge is -2.19. The van der Waals surface area contributed by atoms with Crippen LogP contribution < -0.4 is 5.32 Å². The molecular formula is C20H20ClFN2O2. The van der Waals surface area contributed by atoms with Gasteiger partial charge in [0.05, 0.1) is 5.56 Å².